The molecule has 1 aliphatic heterocycles. The summed E-state index contributed by atoms with van der Waals surface area (Å²) in [7, 11) is 0. The first-order valence-electron chi connectivity index (χ1n) is 8.66. The Labute approximate surface area is 159 Å². The second kappa shape index (κ2) is 7.53. The number of hydrogen-bond donors (Lipinski definition) is 1. The van der Waals surface area contributed by atoms with Crippen LogP contribution in [0.4, 0.5) is 4.39 Å². The van der Waals surface area contributed by atoms with E-state index < -0.39 is 0 Å². The van der Waals surface area contributed by atoms with Gasteiger partial charge in [0.05, 0.1) is 0 Å². The fourth-order valence-corrected chi connectivity index (χ4v) is 3.82. The molecule has 0 aliphatic carbocycles. The van der Waals surface area contributed by atoms with E-state index in [1.54, 1.807) is 22.4 Å². The van der Waals surface area contributed by atoms with E-state index in [0.29, 0.717) is 36.9 Å². The minimum absolute atomic E-state index is 0.147. The zero-order valence-corrected chi connectivity index (χ0v) is 15.3. The van der Waals surface area contributed by atoms with Crippen LogP contribution >= 0.6 is 11.3 Å². The second-order valence-electron chi connectivity index (χ2n) is 6.34. The SMILES string of the molecule is NCc1nc(C(=O)N2CCCC2c2nc(Cc3ccc(F)cc3)no2)cs1. The number of hydrogen-bond acceptors (Lipinski definition) is 7. The quantitative estimate of drug-likeness (QED) is 0.723. The summed E-state index contributed by atoms with van der Waals surface area (Å²) >= 11 is 1.38. The van der Waals surface area contributed by atoms with Crippen LogP contribution < -0.4 is 5.73 Å². The number of carbonyl (C=O) groups excluding carboxylic acids is 1. The summed E-state index contributed by atoms with van der Waals surface area (Å²) in [6, 6.07) is 5.92. The van der Waals surface area contributed by atoms with E-state index in [4.69, 9.17) is 10.3 Å². The Morgan fingerprint density at radius 3 is 2.89 bits per heavy atom. The van der Waals surface area contributed by atoms with Gasteiger partial charge >= 0.3 is 0 Å². The molecule has 0 saturated carbocycles. The summed E-state index contributed by atoms with van der Waals surface area (Å²) in [6.45, 7) is 0.937. The van der Waals surface area contributed by atoms with Crippen molar-refractivity contribution in [2.24, 2.45) is 5.73 Å². The van der Waals surface area contributed by atoms with Gasteiger partial charge in [-0.15, -0.1) is 11.3 Å². The molecular formula is C18H18FN5O2S. The topological polar surface area (TPSA) is 98.1 Å². The average molecular weight is 387 g/mol. The Morgan fingerprint density at radius 1 is 1.33 bits per heavy atom. The van der Waals surface area contributed by atoms with Gasteiger partial charge in [0.1, 0.15) is 22.6 Å². The summed E-state index contributed by atoms with van der Waals surface area (Å²) in [6.07, 6.45) is 2.06. The highest BCUT2D eigenvalue weighted by Gasteiger charge is 2.35. The molecule has 3 heterocycles. The van der Waals surface area contributed by atoms with Gasteiger partial charge in [-0.25, -0.2) is 9.37 Å². The van der Waals surface area contributed by atoms with Gasteiger partial charge < -0.3 is 15.2 Å². The van der Waals surface area contributed by atoms with Crippen LogP contribution in [0.5, 0.6) is 0 Å². The Morgan fingerprint density at radius 2 is 2.15 bits per heavy atom. The number of benzene rings is 1. The van der Waals surface area contributed by atoms with Crippen LogP contribution in [-0.2, 0) is 13.0 Å². The third-order valence-electron chi connectivity index (χ3n) is 4.50. The summed E-state index contributed by atoms with van der Waals surface area (Å²) in [5.41, 5.74) is 6.87. The number of likely N-dealkylation sites (tertiary alicyclic amines) is 1. The molecule has 4 rings (SSSR count). The van der Waals surface area contributed by atoms with E-state index in [1.807, 2.05) is 0 Å². The predicted octanol–water partition coefficient (Wildman–Crippen LogP) is 2.69. The molecule has 1 unspecified atom stereocenters. The van der Waals surface area contributed by atoms with Crippen molar-refractivity contribution in [1.29, 1.82) is 0 Å². The van der Waals surface area contributed by atoms with Crippen molar-refractivity contribution in [2.75, 3.05) is 6.54 Å². The summed E-state index contributed by atoms with van der Waals surface area (Å²) in [4.78, 5) is 23.2. The van der Waals surface area contributed by atoms with Gasteiger partial charge in [-0.2, -0.15) is 4.98 Å². The lowest BCUT2D eigenvalue weighted by Gasteiger charge is -2.20. The van der Waals surface area contributed by atoms with Crippen LogP contribution in [0, 0.1) is 5.82 Å². The van der Waals surface area contributed by atoms with Gasteiger partial charge in [-0.05, 0) is 30.5 Å². The molecule has 1 aromatic carbocycles. The second-order valence-corrected chi connectivity index (χ2v) is 7.28. The zero-order chi connectivity index (χ0) is 18.8. The minimum atomic E-state index is -0.285. The maximum absolute atomic E-state index is 13.0. The number of carbonyl (C=O) groups is 1. The van der Waals surface area contributed by atoms with Crippen LogP contribution in [0.2, 0.25) is 0 Å². The smallest absolute Gasteiger partial charge is 0.274 e. The van der Waals surface area contributed by atoms with Gasteiger partial charge in [0.25, 0.3) is 5.91 Å². The molecule has 0 radical (unpaired) electrons. The van der Waals surface area contributed by atoms with E-state index in [0.717, 1.165) is 23.4 Å². The molecule has 1 amide bonds. The Balaban J connectivity index is 1.49. The van der Waals surface area contributed by atoms with Crippen molar-refractivity contribution in [3.05, 3.63) is 63.4 Å². The first-order valence-corrected chi connectivity index (χ1v) is 9.54. The number of halogens is 1. The van der Waals surface area contributed by atoms with Gasteiger partial charge in [-0.1, -0.05) is 17.3 Å². The van der Waals surface area contributed by atoms with E-state index >= 15 is 0 Å². The standard InChI is InChI=1S/C18H18FN5O2S/c19-12-5-3-11(4-6-12)8-15-22-17(26-23-15)14-2-1-7-24(14)18(25)13-10-27-16(9-20)21-13/h3-6,10,14H,1-2,7-9,20H2. The largest absolute Gasteiger partial charge is 0.337 e. The molecule has 1 atom stereocenters. The molecule has 140 valence electrons. The van der Waals surface area contributed by atoms with Gasteiger partial charge in [0.15, 0.2) is 5.82 Å². The highest BCUT2D eigenvalue weighted by molar-refractivity contribution is 7.09. The van der Waals surface area contributed by atoms with Gasteiger partial charge in [0, 0.05) is 24.9 Å². The molecule has 0 bridgehead atoms. The highest BCUT2D eigenvalue weighted by Crippen LogP contribution is 2.32. The predicted molar refractivity (Wildman–Crippen MR) is 96.5 cm³/mol. The number of aromatic nitrogens is 3. The zero-order valence-electron chi connectivity index (χ0n) is 14.5. The minimum Gasteiger partial charge on any atom is -0.337 e. The van der Waals surface area contributed by atoms with E-state index in [2.05, 4.69) is 15.1 Å². The van der Waals surface area contributed by atoms with Crippen molar-refractivity contribution in [3.8, 4) is 0 Å². The van der Waals surface area contributed by atoms with Crippen molar-refractivity contribution in [1.82, 2.24) is 20.0 Å². The number of amides is 1. The normalized spacial score (nSPS) is 16.8. The van der Waals surface area contributed by atoms with Crippen molar-refractivity contribution in [2.45, 2.75) is 31.8 Å². The van der Waals surface area contributed by atoms with Crippen LogP contribution in [-0.4, -0.2) is 32.5 Å². The molecule has 9 heteroatoms. The van der Waals surface area contributed by atoms with E-state index in [-0.39, 0.29) is 17.8 Å². The Kier molecular flexibility index (Phi) is 4.95. The number of rotatable bonds is 5. The molecular weight excluding hydrogens is 369 g/mol. The van der Waals surface area contributed by atoms with Crippen molar-refractivity contribution >= 4 is 17.2 Å². The lowest BCUT2D eigenvalue weighted by molar-refractivity contribution is 0.0704. The van der Waals surface area contributed by atoms with Crippen LogP contribution in [0.25, 0.3) is 0 Å². The van der Waals surface area contributed by atoms with E-state index in [9.17, 15) is 9.18 Å². The molecule has 1 aliphatic rings. The molecule has 1 fully saturated rings. The van der Waals surface area contributed by atoms with Crippen LogP contribution in [0.3, 0.4) is 0 Å². The van der Waals surface area contributed by atoms with Gasteiger partial charge in [0.2, 0.25) is 5.89 Å². The molecule has 3 aromatic rings. The first kappa shape index (κ1) is 17.7. The third kappa shape index (κ3) is 3.74. The van der Waals surface area contributed by atoms with Gasteiger partial charge in [-0.3, -0.25) is 4.79 Å². The first-order chi connectivity index (χ1) is 13.1. The van der Waals surface area contributed by atoms with Crippen molar-refractivity contribution in [3.63, 3.8) is 0 Å². The third-order valence-corrected chi connectivity index (χ3v) is 5.37. The summed E-state index contributed by atoms with van der Waals surface area (Å²) in [5.74, 6) is 0.501. The Hall–Kier alpha value is -2.65. The van der Waals surface area contributed by atoms with Crippen LogP contribution in [0.15, 0.2) is 34.2 Å². The summed E-state index contributed by atoms with van der Waals surface area (Å²) < 4.78 is 18.4. The highest BCUT2D eigenvalue weighted by atomic mass is 32.1. The summed E-state index contributed by atoms with van der Waals surface area (Å²) in [5, 5.41) is 6.47. The maximum Gasteiger partial charge on any atom is 0.274 e. The average Bonchev–Trinajstić information content (AvgIpc) is 3.43. The molecule has 27 heavy (non-hydrogen) atoms. The van der Waals surface area contributed by atoms with E-state index in [1.165, 1.54) is 23.5 Å². The molecule has 1 saturated heterocycles. The fraction of sp³-hybridized carbons (Fsp3) is 0.333. The van der Waals surface area contributed by atoms with Crippen LogP contribution in [0.1, 0.15) is 51.7 Å². The number of thiazole rings is 1. The number of nitrogens with two attached hydrogens (primary N) is 1. The molecule has 2 N–H and O–H groups in total. The molecule has 7 nitrogen and oxygen atoms in total. The lowest BCUT2D eigenvalue weighted by atomic mass is 10.1. The Bertz CT molecular complexity index is 939. The molecule has 2 aromatic heterocycles. The maximum atomic E-state index is 13.0. The van der Waals surface area contributed by atoms with Crippen molar-refractivity contribution < 1.29 is 13.7 Å². The lowest BCUT2D eigenvalue weighted by Crippen LogP contribution is -2.31. The molecule has 0 spiro atoms. The number of nitrogens with zero attached hydrogens (tertiary/aromatic N) is 4. The monoisotopic (exact) mass is 387 g/mol. The fourth-order valence-electron chi connectivity index (χ4n) is 3.18.